The number of carbonyl (C=O) groups excluding carboxylic acids is 1. The lowest BCUT2D eigenvalue weighted by molar-refractivity contribution is -0.139. The van der Waals surface area contributed by atoms with Gasteiger partial charge in [-0.1, -0.05) is 34.6 Å². The Morgan fingerprint density at radius 3 is 2.53 bits per heavy atom. The first-order chi connectivity index (χ1) is 14.0. The lowest BCUT2D eigenvalue weighted by Gasteiger charge is -2.21. The molecule has 0 aliphatic carbocycles. The van der Waals surface area contributed by atoms with E-state index in [1.54, 1.807) is 18.6 Å². The fourth-order valence-electron chi connectivity index (χ4n) is 3.15. The quantitative estimate of drug-likeness (QED) is 0.465. The summed E-state index contributed by atoms with van der Waals surface area (Å²) in [7, 11) is 0. The van der Waals surface area contributed by atoms with Gasteiger partial charge in [0.2, 0.25) is 0 Å². The highest BCUT2D eigenvalue weighted by Crippen LogP contribution is 2.25. The molecule has 0 saturated heterocycles. The number of aliphatic carboxylic acids is 1. The molecule has 4 N–H and O–H groups in total. The van der Waals surface area contributed by atoms with Crippen LogP contribution in [-0.2, 0) is 17.8 Å². The van der Waals surface area contributed by atoms with Crippen LogP contribution in [0.1, 0.15) is 69.1 Å². The number of aryl methyl sites for hydroxylation is 1. The van der Waals surface area contributed by atoms with Crippen molar-refractivity contribution in [3.05, 3.63) is 47.5 Å². The molecule has 1 atom stereocenters. The number of amides is 1. The molecule has 30 heavy (non-hydrogen) atoms. The molecule has 1 aromatic carbocycles. The molecule has 0 radical (unpaired) electrons. The summed E-state index contributed by atoms with van der Waals surface area (Å²) >= 11 is 0. The molecule has 1 heterocycles. The van der Waals surface area contributed by atoms with Gasteiger partial charge in [-0.3, -0.25) is 4.79 Å². The number of nitrogens with zero attached hydrogens (tertiary/aromatic N) is 1. The van der Waals surface area contributed by atoms with E-state index in [-0.39, 0.29) is 17.2 Å². The van der Waals surface area contributed by atoms with Crippen molar-refractivity contribution in [1.29, 1.82) is 0 Å². The van der Waals surface area contributed by atoms with Gasteiger partial charge >= 0.3 is 5.97 Å². The highest BCUT2D eigenvalue weighted by atomic mass is 16.4. The van der Waals surface area contributed by atoms with Gasteiger partial charge < -0.3 is 20.7 Å². The third-order valence-electron chi connectivity index (χ3n) is 4.84. The van der Waals surface area contributed by atoms with E-state index >= 15 is 0 Å². The molecule has 1 aromatic heterocycles. The number of nitrogens with one attached hydrogen (secondary N) is 3. The molecular formula is C23H34N4O3. The number of benzene rings is 1. The van der Waals surface area contributed by atoms with Crippen molar-refractivity contribution in [2.45, 2.75) is 66.5 Å². The SMILES string of the molecule is CC(C)C[C@H](NC(=O)c1ccc(NCc2cnc[nH]2)cc1CCC(C)(C)C)C(=O)O. The van der Waals surface area contributed by atoms with E-state index in [1.165, 1.54) is 0 Å². The van der Waals surface area contributed by atoms with Crippen molar-refractivity contribution in [3.63, 3.8) is 0 Å². The average molecular weight is 415 g/mol. The zero-order valence-corrected chi connectivity index (χ0v) is 18.6. The van der Waals surface area contributed by atoms with Gasteiger partial charge in [0.15, 0.2) is 0 Å². The molecule has 0 spiro atoms. The van der Waals surface area contributed by atoms with Crippen molar-refractivity contribution in [1.82, 2.24) is 15.3 Å². The second-order valence-corrected chi connectivity index (χ2v) is 9.36. The summed E-state index contributed by atoms with van der Waals surface area (Å²) in [6, 6.07) is 4.71. The normalized spacial score (nSPS) is 12.6. The predicted molar refractivity (Wildman–Crippen MR) is 118 cm³/mol. The molecule has 164 valence electrons. The predicted octanol–water partition coefficient (Wildman–Crippen LogP) is 4.23. The number of anilines is 1. The minimum Gasteiger partial charge on any atom is -0.480 e. The Labute approximate surface area is 178 Å². The molecule has 0 aliphatic heterocycles. The van der Waals surface area contributed by atoms with Crippen molar-refractivity contribution >= 4 is 17.6 Å². The van der Waals surface area contributed by atoms with Crippen LogP contribution in [0.5, 0.6) is 0 Å². The lowest BCUT2D eigenvalue weighted by Crippen LogP contribution is -2.42. The van der Waals surface area contributed by atoms with Crippen LogP contribution >= 0.6 is 0 Å². The molecule has 7 nitrogen and oxygen atoms in total. The Morgan fingerprint density at radius 1 is 1.23 bits per heavy atom. The van der Waals surface area contributed by atoms with Crippen LogP contribution in [0.3, 0.4) is 0 Å². The van der Waals surface area contributed by atoms with Crippen LogP contribution in [0.4, 0.5) is 5.69 Å². The van der Waals surface area contributed by atoms with Crippen LogP contribution in [0.25, 0.3) is 0 Å². The number of hydrogen-bond acceptors (Lipinski definition) is 4. The topological polar surface area (TPSA) is 107 Å². The minimum atomic E-state index is -1.01. The molecule has 1 amide bonds. The third kappa shape index (κ3) is 7.54. The van der Waals surface area contributed by atoms with E-state index in [1.807, 2.05) is 26.0 Å². The molecule has 0 bridgehead atoms. The van der Waals surface area contributed by atoms with E-state index in [0.29, 0.717) is 18.5 Å². The molecule has 0 aliphatic rings. The van der Waals surface area contributed by atoms with Gasteiger partial charge in [-0.2, -0.15) is 0 Å². The van der Waals surface area contributed by atoms with Crippen LogP contribution in [0.2, 0.25) is 0 Å². The zero-order valence-electron chi connectivity index (χ0n) is 18.6. The summed E-state index contributed by atoms with van der Waals surface area (Å²) < 4.78 is 0. The number of imidazole rings is 1. The second kappa shape index (κ2) is 10.3. The lowest BCUT2D eigenvalue weighted by atomic mass is 9.87. The molecule has 7 heteroatoms. The van der Waals surface area contributed by atoms with Gasteiger partial charge in [0, 0.05) is 17.4 Å². The Hall–Kier alpha value is -2.83. The van der Waals surface area contributed by atoms with Gasteiger partial charge in [0.25, 0.3) is 5.91 Å². The van der Waals surface area contributed by atoms with Gasteiger partial charge in [0.1, 0.15) is 6.04 Å². The Morgan fingerprint density at radius 2 is 1.97 bits per heavy atom. The standard InChI is InChI=1S/C23H34N4O3/c1-15(2)10-20(22(29)30)27-21(28)19-7-6-17(25-13-18-12-24-14-26-18)11-16(19)8-9-23(3,4)5/h6-7,11-12,14-15,20,25H,8-10,13H2,1-5H3,(H,24,26)(H,27,28)(H,29,30)/t20-/m0/s1. The van der Waals surface area contributed by atoms with Crippen molar-refractivity contribution in [2.24, 2.45) is 11.3 Å². The smallest absolute Gasteiger partial charge is 0.326 e. The number of carboxylic acids is 1. The third-order valence-corrected chi connectivity index (χ3v) is 4.84. The average Bonchev–Trinajstić information content (AvgIpc) is 3.16. The van der Waals surface area contributed by atoms with Crippen LogP contribution in [-0.4, -0.2) is 33.0 Å². The fraction of sp³-hybridized carbons (Fsp3) is 0.522. The molecule has 2 aromatic rings. The highest BCUT2D eigenvalue weighted by Gasteiger charge is 2.23. The summed E-state index contributed by atoms with van der Waals surface area (Å²) in [6.45, 7) is 11.0. The number of hydrogen-bond donors (Lipinski definition) is 4. The first-order valence-corrected chi connectivity index (χ1v) is 10.4. The highest BCUT2D eigenvalue weighted by molar-refractivity contribution is 5.98. The van der Waals surface area contributed by atoms with Crippen molar-refractivity contribution in [2.75, 3.05) is 5.32 Å². The largest absolute Gasteiger partial charge is 0.480 e. The summed E-state index contributed by atoms with van der Waals surface area (Å²) in [5.74, 6) is -1.18. The van der Waals surface area contributed by atoms with Gasteiger partial charge in [-0.15, -0.1) is 0 Å². The summed E-state index contributed by atoms with van der Waals surface area (Å²) in [5.41, 5.74) is 3.43. The molecular weight excluding hydrogens is 380 g/mol. The van der Waals surface area contributed by atoms with Crippen molar-refractivity contribution in [3.8, 4) is 0 Å². The van der Waals surface area contributed by atoms with Gasteiger partial charge in [-0.25, -0.2) is 9.78 Å². The summed E-state index contributed by atoms with van der Waals surface area (Å²) in [4.78, 5) is 31.6. The summed E-state index contributed by atoms with van der Waals surface area (Å²) in [5, 5.41) is 15.5. The molecule has 0 fully saturated rings. The van der Waals surface area contributed by atoms with Crippen LogP contribution in [0.15, 0.2) is 30.7 Å². The van der Waals surface area contributed by atoms with Gasteiger partial charge in [-0.05, 0) is 54.4 Å². The van der Waals surface area contributed by atoms with E-state index in [9.17, 15) is 14.7 Å². The maximum atomic E-state index is 12.9. The van der Waals surface area contributed by atoms with E-state index in [2.05, 4.69) is 41.4 Å². The number of carbonyl (C=O) groups is 2. The number of aromatic amines is 1. The number of H-pyrrole nitrogens is 1. The molecule has 0 unspecified atom stereocenters. The fourth-order valence-corrected chi connectivity index (χ4v) is 3.15. The Bertz CT molecular complexity index is 839. The number of aromatic nitrogens is 2. The minimum absolute atomic E-state index is 0.119. The summed E-state index contributed by atoms with van der Waals surface area (Å²) in [6.07, 6.45) is 5.42. The maximum absolute atomic E-state index is 12.9. The number of rotatable bonds is 10. The Balaban J connectivity index is 2.22. The molecule has 0 saturated carbocycles. The first-order valence-electron chi connectivity index (χ1n) is 10.4. The van der Waals surface area contributed by atoms with E-state index in [4.69, 9.17) is 0 Å². The molecule has 2 rings (SSSR count). The van der Waals surface area contributed by atoms with Crippen molar-refractivity contribution < 1.29 is 14.7 Å². The van der Waals surface area contributed by atoms with E-state index < -0.39 is 12.0 Å². The monoisotopic (exact) mass is 414 g/mol. The zero-order chi connectivity index (χ0) is 22.3. The van der Waals surface area contributed by atoms with E-state index in [0.717, 1.165) is 29.8 Å². The second-order valence-electron chi connectivity index (χ2n) is 9.36. The van der Waals surface area contributed by atoms with Crippen LogP contribution < -0.4 is 10.6 Å². The number of carboxylic acid groups (broad SMARTS) is 1. The maximum Gasteiger partial charge on any atom is 0.326 e. The Kier molecular flexibility index (Phi) is 8.03. The van der Waals surface area contributed by atoms with Gasteiger partial charge in [0.05, 0.1) is 18.6 Å². The first kappa shape index (κ1) is 23.4. The van der Waals surface area contributed by atoms with Crippen LogP contribution in [0, 0.1) is 11.3 Å².